The van der Waals surface area contributed by atoms with Gasteiger partial charge in [0.15, 0.2) is 5.78 Å². The van der Waals surface area contributed by atoms with E-state index in [1.54, 1.807) is 6.92 Å². The number of ketones is 1. The molecule has 1 aliphatic heterocycles. The second-order valence-electron chi connectivity index (χ2n) is 3.86. The number of benzene rings is 1. The molecule has 0 aliphatic carbocycles. The zero-order chi connectivity index (χ0) is 12.4. The molecule has 1 aromatic rings. The van der Waals surface area contributed by atoms with Crippen LogP contribution in [-0.4, -0.2) is 12.3 Å². The summed E-state index contributed by atoms with van der Waals surface area (Å²) >= 11 is 3.37. The van der Waals surface area contributed by atoms with Gasteiger partial charge in [-0.25, -0.2) is 5.53 Å². The summed E-state index contributed by atoms with van der Waals surface area (Å²) in [6, 6.07) is 5.58. The van der Waals surface area contributed by atoms with E-state index in [1.165, 1.54) is 0 Å². The Kier molecular flexibility index (Phi) is 3.38. The zero-order valence-corrected chi connectivity index (χ0v) is 11.0. The summed E-state index contributed by atoms with van der Waals surface area (Å²) in [5, 5.41) is 6.61. The van der Waals surface area contributed by atoms with Gasteiger partial charge in [0.05, 0.1) is 11.4 Å². The Bertz CT molecular complexity index is 522. The van der Waals surface area contributed by atoms with Crippen molar-refractivity contribution in [2.75, 3.05) is 6.54 Å². The van der Waals surface area contributed by atoms with Gasteiger partial charge in [0.2, 0.25) is 0 Å². The molecule has 1 aliphatic rings. The first-order valence-electron chi connectivity index (χ1n) is 5.29. The lowest BCUT2D eigenvalue weighted by Gasteiger charge is -2.11. The lowest BCUT2D eigenvalue weighted by atomic mass is 10.0. The maximum absolute atomic E-state index is 12.0. The lowest BCUT2D eigenvalue weighted by molar-refractivity contribution is 0.0985. The third-order valence-corrected chi connectivity index (χ3v) is 3.23. The molecule has 1 aromatic carbocycles. The Balaban J connectivity index is 2.67. The summed E-state index contributed by atoms with van der Waals surface area (Å²) < 4.78 is 0.881. The van der Waals surface area contributed by atoms with Crippen LogP contribution in [-0.2, 0) is 0 Å². The van der Waals surface area contributed by atoms with Crippen molar-refractivity contribution in [2.24, 2.45) is 5.11 Å². The van der Waals surface area contributed by atoms with Crippen LogP contribution in [0.25, 0.3) is 5.70 Å². The molecule has 0 atom stereocenters. The van der Waals surface area contributed by atoms with Crippen molar-refractivity contribution in [2.45, 2.75) is 13.3 Å². The Morgan fingerprint density at radius 3 is 2.94 bits per heavy atom. The molecule has 0 spiro atoms. The third kappa shape index (κ3) is 2.29. The van der Waals surface area contributed by atoms with Crippen LogP contribution < -0.4 is 5.32 Å². The summed E-state index contributed by atoms with van der Waals surface area (Å²) in [5.74, 6) is 0.113. The fourth-order valence-corrected chi connectivity index (χ4v) is 2.24. The highest BCUT2D eigenvalue weighted by molar-refractivity contribution is 9.10. The van der Waals surface area contributed by atoms with E-state index in [1.807, 2.05) is 18.2 Å². The molecule has 0 amide bonds. The maximum atomic E-state index is 12.0. The van der Waals surface area contributed by atoms with Crippen LogP contribution in [0.5, 0.6) is 0 Å². The van der Waals surface area contributed by atoms with E-state index in [0.29, 0.717) is 24.2 Å². The molecule has 0 radical (unpaired) electrons. The molecule has 88 valence electrons. The molecule has 17 heavy (non-hydrogen) atoms. The molecule has 1 heterocycles. The summed E-state index contributed by atoms with van der Waals surface area (Å²) in [7, 11) is 0. The Morgan fingerprint density at radius 2 is 2.24 bits per heavy atom. The minimum Gasteiger partial charge on any atom is -0.383 e. The van der Waals surface area contributed by atoms with Crippen molar-refractivity contribution in [3.05, 3.63) is 39.5 Å². The van der Waals surface area contributed by atoms with Crippen LogP contribution in [0.3, 0.4) is 0 Å². The third-order valence-electron chi connectivity index (χ3n) is 2.73. The molecular formula is C12H12BrN3O. The van der Waals surface area contributed by atoms with Crippen LogP contribution in [0.2, 0.25) is 0 Å². The molecule has 2 rings (SSSR count). The Hall–Kier alpha value is -1.49. The van der Waals surface area contributed by atoms with Crippen LogP contribution in [0.4, 0.5) is 0 Å². The van der Waals surface area contributed by atoms with Crippen molar-refractivity contribution in [1.29, 1.82) is 5.53 Å². The van der Waals surface area contributed by atoms with E-state index in [-0.39, 0.29) is 5.78 Å². The van der Waals surface area contributed by atoms with E-state index in [0.717, 1.165) is 15.7 Å². The molecule has 0 unspecified atom stereocenters. The maximum Gasteiger partial charge on any atom is 0.165 e. The topological polar surface area (TPSA) is 65.3 Å². The standard InChI is InChI=1S/C12H12BrN3O/c1-7(16-14)12-9-3-2-8(13)6-10(9)11(17)4-5-15-12/h2-3,6,14-15H,4-5H2,1H3/b12-7-,16-14?. The van der Waals surface area contributed by atoms with Gasteiger partial charge >= 0.3 is 0 Å². The second-order valence-corrected chi connectivity index (χ2v) is 4.78. The number of fused-ring (bicyclic) bond motifs is 1. The highest BCUT2D eigenvalue weighted by Gasteiger charge is 2.20. The molecule has 0 aromatic heterocycles. The number of carbonyl (C=O) groups excluding carboxylic acids is 1. The minimum atomic E-state index is 0.113. The SMILES string of the molecule is C/C(N=N)=C1/NCCC(=O)c2cc(Br)ccc21. The van der Waals surface area contributed by atoms with Crippen molar-refractivity contribution < 1.29 is 4.79 Å². The van der Waals surface area contributed by atoms with E-state index in [4.69, 9.17) is 5.53 Å². The van der Waals surface area contributed by atoms with E-state index in [9.17, 15) is 4.79 Å². The zero-order valence-electron chi connectivity index (χ0n) is 9.38. The number of carbonyl (C=O) groups is 1. The molecule has 0 bridgehead atoms. The fourth-order valence-electron chi connectivity index (χ4n) is 1.87. The quantitative estimate of drug-likeness (QED) is 0.780. The van der Waals surface area contributed by atoms with Crippen LogP contribution in [0.15, 0.2) is 33.5 Å². The summed E-state index contributed by atoms with van der Waals surface area (Å²) in [6.45, 7) is 2.34. The summed E-state index contributed by atoms with van der Waals surface area (Å²) in [5.41, 5.74) is 9.95. The molecular weight excluding hydrogens is 282 g/mol. The monoisotopic (exact) mass is 293 g/mol. The van der Waals surface area contributed by atoms with E-state index in [2.05, 4.69) is 26.4 Å². The molecule has 0 saturated carbocycles. The molecule has 5 heteroatoms. The first-order valence-corrected chi connectivity index (χ1v) is 6.08. The number of hydrogen-bond donors (Lipinski definition) is 2. The summed E-state index contributed by atoms with van der Waals surface area (Å²) in [4.78, 5) is 12.0. The Labute approximate surface area is 108 Å². The number of rotatable bonds is 1. The lowest BCUT2D eigenvalue weighted by Crippen LogP contribution is -2.13. The summed E-state index contributed by atoms with van der Waals surface area (Å²) in [6.07, 6.45) is 0.457. The molecule has 2 N–H and O–H groups in total. The van der Waals surface area contributed by atoms with Crippen molar-refractivity contribution in [1.82, 2.24) is 5.32 Å². The van der Waals surface area contributed by atoms with Gasteiger partial charge < -0.3 is 5.32 Å². The van der Waals surface area contributed by atoms with E-state index < -0.39 is 0 Å². The number of allylic oxidation sites excluding steroid dienone is 1. The first kappa shape index (κ1) is 12.0. The van der Waals surface area contributed by atoms with Gasteiger partial charge in [0, 0.05) is 28.6 Å². The van der Waals surface area contributed by atoms with Crippen molar-refractivity contribution in [3.63, 3.8) is 0 Å². The highest BCUT2D eigenvalue weighted by atomic mass is 79.9. The number of Topliss-reactive ketones (excluding diaryl/α,β-unsaturated/α-hetero) is 1. The molecule has 0 saturated heterocycles. The van der Waals surface area contributed by atoms with Gasteiger partial charge in [0.1, 0.15) is 0 Å². The van der Waals surface area contributed by atoms with Crippen molar-refractivity contribution >= 4 is 27.4 Å². The number of halogens is 1. The predicted octanol–water partition coefficient (Wildman–Crippen LogP) is 3.34. The molecule has 0 fully saturated rings. The smallest absolute Gasteiger partial charge is 0.165 e. The predicted molar refractivity (Wildman–Crippen MR) is 68.8 cm³/mol. The Morgan fingerprint density at radius 1 is 1.47 bits per heavy atom. The minimum absolute atomic E-state index is 0.113. The van der Waals surface area contributed by atoms with Crippen LogP contribution >= 0.6 is 15.9 Å². The van der Waals surface area contributed by atoms with Gasteiger partial charge in [-0.3, -0.25) is 4.79 Å². The average Bonchev–Trinajstić information content (AvgIpc) is 2.48. The van der Waals surface area contributed by atoms with Gasteiger partial charge in [0.25, 0.3) is 0 Å². The van der Waals surface area contributed by atoms with Gasteiger partial charge in [-0.1, -0.05) is 22.0 Å². The molecule has 4 nitrogen and oxygen atoms in total. The van der Waals surface area contributed by atoms with E-state index >= 15 is 0 Å². The first-order chi connectivity index (χ1) is 8.13. The normalized spacial score (nSPS) is 17.9. The van der Waals surface area contributed by atoms with Gasteiger partial charge in [-0.05, 0) is 19.1 Å². The van der Waals surface area contributed by atoms with Gasteiger partial charge in [-0.15, -0.1) is 0 Å². The number of nitrogens with zero attached hydrogens (tertiary/aromatic N) is 1. The fraction of sp³-hybridized carbons (Fsp3) is 0.250. The number of nitrogens with one attached hydrogen (secondary N) is 2. The van der Waals surface area contributed by atoms with Crippen LogP contribution in [0.1, 0.15) is 29.3 Å². The average molecular weight is 294 g/mol. The highest BCUT2D eigenvalue weighted by Crippen LogP contribution is 2.27. The van der Waals surface area contributed by atoms with Crippen molar-refractivity contribution in [3.8, 4) is 0 Å². The second kappa shape index (κ2) is 4.79. The van der Waals surface area contributed by atoms with Crippen LogP contribution in [0, 0.1) is 5.53 Å². The number of hydrogen-bond acceptors (Lipinski definition) is 4. The largest absolute Gasteiger partial charge is 0.383 e. The van der Waals surface area contributed by atoms with Gasteiger partial charge in [-0.2, -0.15) is 5.11 Å².